The van der Waals surface area contributed by atoms with Gasteiger partial charge in [0.25, 0.3) is 12.6 Å². The first-order valence-corrected chi connectivity index (χ1v) is 21.5. The highest BCUT2D eigenvalue weighted by molar-refractivity contribution is 7.80. The average molecular weight is 742 g/mol. The third-order valence-electron chi connectivity index (χ3n) is 9.59. The van der Waals surface area contributed by atoms with Crippen molar-refractivity contribution in [3.8, 4) is 0 Å². The number of rotatable bonds is 37. The number of esters is 2. The minimum atomic E-state index is -2.67. The molecule has 3 atom stereocenters. The number of nitrogens with two attached hydrogens (primary N) is 1. The molecule has 0 aliphatic carbocycles. The molecule has 0 aromatic heterocycles. The molecule has 1 radical (unpaired) electrons. The summed E-state index contributed by atoms with van der Waals surface area (Å²) in [5.74, 6) is -2.35. The maximum atomic E-state index is 13.3. The summed E-state index contributed by atoms with van der Waals surface area (Å²) in [6.45, 7) is 6.13. The molecule has 0 saturated heterocycles. The van der Waals surface area contributed by atoms with Crippen LogP contribution in [0.1, 0.15) is 207 Å². The lowest BCUT2D eigenvalue weighted by molar-refractivity contribution is -0.245. The Morgan fingerprint density at radius 3 is 1.31 bits per heavy atom. The van der Waals surface area contributed by atoms with Crippen molar-refractivity contribution in [2.45, 2.75) is 225 Å². The number of aliphatic hydroxyl groups excluding tert-OH is 1. The normalized spacial score (nSPS) is 13.7. The minimum Gasteiger partial charge on any atom is -0.429 e. The molecule has 51 heavy (non-hydrogen) atoms. The number of ether oxygens (including phenoxy) is 2. The number of aliphatic hydroxyl groups is 1. The Morgan fingerprint density at radius 2 is 0.980 bits per heavy atom. The Balaban J connectivity index is 4.89. The second-order valence-corrected chi connectivity index (χ2v) is 14.7. The predicted octanol–water partition coefficient (Wildman–Crippen LogP) is 9.66. The Morgan fingerprint density at radius 1 is 0.627 bits per heavy atom. The van der Waals surface area contributed by atoms with Crippen LogP contribution < -0.4 is 5.73 Å². The number of hydrogen-bond donors (Lipinski definition) is 3. The Kier molecular flexibility index (Phi) is 33.0. The average Bonchev–Trinajstić information content (AvgIpc) is 3.12. The maximum absolute atomic E-state index is 13.3. The van der Waals surface area contributed by atoms with Gasteiger partial charge >= 0.3 is 17.7 Å². The molecule has 299 valence electrons. The van der Waals surface area contributed by atoms with E-state index in [2.05, 4.69) is 26.5 Å². The van der Waals surface area contributed by atoms with Crippen LogP contribution in [0.3, 0.4) is 0 Å². The molecule has 0 heterocycles. The van der Waals surface area contributed by atoms with Gasteiger partial charge in [-0.05, 0) is 19.3 Å². The molecule has 0 aliphatic rings. The highest BCUT2D eigenvalue weighted by Gasteiger charge is 2.53. The molecule has 3 N–H and O–H groups in total. The van der Waals surface area contributed by atoms with Crippen molar-refractivity contribution in [2.24, 2.45) is 5.73 Å². The second kappa shape index (κ2) is 34.1. The number of hydrogen-bond acceptors (Lipinski definition) is 9. The van der Waals surface area contributed by atoms with Gasteiger partial charge in [-0.2, -0.15) is 12.6 Å². The summed E-state index contributed by atoms with van der Waals surface area (Å²) in [7, 11) is 0. The molecular formula is C41H77N2O7S. The van der Waals surface area contributed by atoms with Crippen LogP contribution in [0, 0.1) is 0 Å². The van der Waals surface area contributed by atoms with Gasteiger partial charge in [-0.3, -0.25) is 24.1 Å². The maximum Gasteiger partial charge on any atom is 0.317 e. The third-order valence-corrected chi connectivity index (χ3v) is 9.98. The number of amides is 1. The van der Waals surface area contributed by atoms with Crippen LogP contribution in [-0.2, 0) is 28.7 Å². The summed E-state index contributed by atoms with van der Waals surface area (Å²) in [5, 5.41) is 11.1. The van der Waals surface area contributed by atoms with Crippen LogP contribution in [0.2, 0.25) is 0 Å². The van der Waals surface area contributed by atoms with Gasteiger partial charge < -0.3 is 20.3 Å². The third kappa shape index (κ3) is 24.3. The lowest BCUT2D eigenvalue weighted by atomic mass is 10.0. The molecule has 1 amide bonds. The molecule has 0 aliphatic heterocycles. The van der Waals surface area contributed by atoms with Gasteiger partial charge in [0.2, 0.25) is 5.91 Å². The molecule has 0 rings (SSSR count). The van der Waals surface area contributed by atoms with E-state index in [1.54, 1.807) is 13.2 Å². The van der Waals surface area contributed by atoms with Crippen LogP contribution in [0.5, 0.6) is 0 Å². The fourth-order valence-electron chi connectivity index (χ4n) is 6.37. The van der Waals surface area contributed by atoms with Crippen molar-refractivity contribution in [3.63, 3.8) is 0 Å². The Hall–Kier alpha value is -1.65. The van der Waals surface area contributed by atoms with Gasteiger partial charge in [0.15, 0.2) is 0 Å². The zero-order valence-electron chi connectivity index (χ0n) is 32.9. The van der Waals surface area contributed by atoms with E-state index in [-0.39, 0.29) is 25.1 Å². The second-order valence-electron chi connectivity index (χ2n) is 14.4. The molecule has 0 bridgehead atoms. The standard InChI is InChI=1S/C41H77N2O7S/c1-4-7-9-11-13-15-17-19-21-23-25-27-29-31-37(45)49-40(48)41(35-44,43(33-6-3)39(47)36(42)34-51)50-38(46)32-30-28-26-24-22-20-18-16-14-12-10-8-5-2/h36,40,48,51H,4-34,42H2,1-3H3/t36-,40?,41-/m0/s1. The van der Waals surface area contributed by atoms with Crippen LogP contribution in [-0.4, -0.2) is 64.5 Å². The fraction of sp³-hybridized carbons (Fsp3) is 0.902. The number of thiol groups is 1. The van der Waals surface area contributed by atoms with Crippen molar-refractivity contribution >= 4 is 36.8 Å². The van der Waals surface area contributed by atoms with Crippen molar-refractivity contribution in [3.05, 3.63) is 0 Å². The van der Waals surface area contributed by atoms with Crippen molar-refractivity contribution in [1.29, 1.82) is 0 Å². The summed E-state index contributed by atoms with van der Waals surface area (Å²) in [6.07, 6.45) is 29.7. The van der Waals surface area contributed by atoms with E-state index in [1.807, 2.05) is 0 Å². The molecule has 0 saturated carbocycles. The van der Waals surface area contributed by atoms with Gasteiger partial charge in [0.05, 0.1) is 6.04 Å². The molecule has 9 nitrogen and oxygen atoms in total. The van der Waals surface area contributed by atoms with E-state index < -0.39 is 35.9 Å². The van der Waals surface area contributed by atoms with E-state index >= 15 is 0 Å². The molecule has 0 aromatic rings. The van der Waals surface area contributed by atoms with Crippen LogP contribution >= 0.6 is 12.6 Å². The summed E-state index contributed by atoms with van der Waals surface area (Å²) < 4.78 is 10.8. The minimum absolute atomic E-state index is 0.0202. The fourth-order valence-corrected chi connectivity index (χ4v) is 6.53. The van der Waals surface area contributed by atoms with Crippen molar-refractivity contribution < 1.29 is 33.8 Å². The molecule has 1 unspecified atom stereocenters. The van der Waals surface area contributed by atoms with Gasteiger partial charge in [-0.1, -0.05) is 175 Å². The van der Waals surface area contributed by atoms with Crippen molar-refractivity contribution in [2.75, 3.05) is 12.3 Å². The van der Waals surface area contributed by atoms with E-state index in [1.165, 1.54) is 116 Å². The van der Waals surface area contributed by atoms with Gasteiger partial charge in [-0.15, -0.1) is 0 Å². The lowest BCUT2D eigenvalue weighted by Gasteiger charge is -2.41. The smallest absolute Gasteiger partial charge is 0.317 e. The first-order valence-electron chi connectivity index (χ1n) is 20.9. The van der Waals surface area contributed by atoms with Crippen LogP contribution in [0.4, 0.5) is 0 Å². The van der Waals surface area contributed by atoms with E-state index in [9.17, 15) is 24.3 Å². The zero-order valence-corrected chi connectivity index (χ0v) is 33.8. The monoisotopic (exact) mass is 742 g/mol. The summed E-state index contributed by atoms with van der Waals surface area (Å²) in [4.78, 5) is 52.5. The predicted molar refractivity (Wildman–Crippen MR) is 211 cm³/mol. The first-order chi connectivity index (χ1) is 24.7. The van der Waals surface area contributed by atoms with Gasteiger partial charge in [-0.25, -0.2) is 0 Å². The zero-order chi connectivity index (χ0) is 38.0. The van der Waals surface area contributed by atoms with Crippen molar-refractivity contribution in [1.82, 2.24) is 4.90 Å². The summed E-state index contributed by atoms with van der Waals surface area (Å²) >= 11 is 4.10. The molecule has 0 aromatic carbocycles. The summed E-state index contributed by atoms with van der Waals surface area (Å²) in [6, 6.07) is -1.14. The first kappa shape index (κ1) is 49.4. The highest BCUT2D eigenvalue weighted by Crippen LogP contribution is 2.26. The molecule has 0 spiro atoms. The SMILES string of the molecule is CCCCCCCCCCCCCCCC(=O)OC(O)[C@]([C]=O)(OC(=O)CCCCCCCCCCCCCCC)N(CCC)C(=O)[C@@H](N)CS. The topological polar surface area (TPSA) is 136 Å². The number of nitrogens with zero attached hydrogens (tertiary/aromatic N) is 1. The summed E-state index contributed by atoms with van der Waals surface area (Å²) in [5.41, 5.74) is 3.28. The van der Waals surface area contributed by atoms with E-state index in [4.69, 9.17) is 15.2 Å². The number of unbranched alkanes of at least 4 members (excludes halogenated alkanes) is 24. The highest BCUT2D eigenvalue weighted by atomic mass is 32.1. The van der Waals surface area contributed by atoms with Gasteiger partial charge in [0.1, 0.15) is 0 Å². The quantitative estimate of drug-likeness (QED) is 0.0248. The van der Waals surface area contributed by atoms with Crippen LogP contribution in [0.25, 0.3) is 0 Å². The molecular weight excluding hydrogens is 665 g/mol. The van der Waals surface area contributed by atoms with E-state index in [0.717, 1.165) is 43.4 Å². The van der Waals surface area contributed by atoms with Crippen LogP contribution in [0.15, 0.2) is 0 Å². The number of carbonyl (C=O) groups is 3. The Labute approximate surface area is 317 Å². The lowest BCUT2D eigenvalue weighted by Crippen LogP contribution is -2.66. The van der Waals surface area contributed by atoms with E-state index in [0.29, 0.717) is 19.3 Å². The largest absolute Gasteiger partial charge is 0.429 e. The Bertz CT molecular complexity index is 877. The number of carbonyl (C=O) groups excluding carboxylic acids is 4. The molecule has 10 heteroatoms. The molecule has 0 fully saturated rings. The van der Waals surface area contributed by atoms with Gasteiger partial charge in [0, 0.05) is 25.1 Å².